The molecule has 2 N–H and O–H groups in total. The van der Waals surface area contributed by atoms with Crippen molar-refractivity contribution in [2.24, 2.45) is 11.1 Å². The van der Waals surface area contributed by atoms with Gasteiger partial charge in [0, 0.05) is 25.2 Å². The number of likely N-dealkylation sites (tertiary alicyclic amines) is 1. The number of nitro benzene ring substituents is 1. The molecule has 1 aromatic carbocycles. The van der Waals surface area contributed by atoms with Gasteiger partial charge >= 0.3 is 0 Å². The molecule has 0 aliphatic carbocycles. The summed E-state index contributed by atoms with van der Waals surface area (Å²) in [6.07, 6.45) is 0.664. The first-order chi connectivity index (χ1) is 11.3. The molecule has 8 heteroatoms. The molecule has 24 heavy (non-hydrogen) atoms. The number of carbonyl (C=O) groups is 1. The molecule has 130 valence electrons. The number of carbonyl (C=O) groups excluding carboxylic acids is 1. The van der Waals surface area contributed by atoms with E-state index in [1.54, 1.807) is 4.90 Å². The largest absolute Gasteiger partial charge is 0.486 e. The van der Waals surface area contributed by atoms with E-state index in [0.717, 1.165) is 0 Å². The summed E-state index contributed by atoms with van der Waals surface area (Å²) >= 11 is 0. The lowest BCUT2D eigenvalue weighted by Gasteiger charge is -2.42. The SMILES string of the molecule is CC1(C)CN(C(=O)c2cc3c(cc2[N+](=O)[O-])OCCO3)CCC1N. The van der Waals surface area contributed by atoms with E-state index in [0.29, 0.717) is 44.2 Å². The third kappa shape index (κ3) is 2.89. The molecule has 2 aliphatic rings. The van der Waals surface area contributed by atoms with E-state index in [1.807, 2.05) is 13.8 Å². The van der Waals surface area contributed by atoms with Gasteiger partial charge in [-0.2, -0.15) is 0 Å². The highest BCUT2D eigenvalue weighted by Crippen LogP contribution is 2.38. The number of hydrogen-bond acceptors (Lipinski definition) is 6. The Kier molecular flexibility index (Phi) is 4.08. The van der Waals surface area contributed by atoms with Crippen molar-refractivity contribution < 1.29 is 19.2 Å². The second-order valence-corrected chi connectivity index (χ2v) is 6.88. The van der Waals surface area contributed by atoms with Crippen LogP contribution in [0.1, 0.15) is 30.6 Å². The van der Waals surface area contributed by atoms with Crippen molar-refractivity contribution in [3.63, 3.8) is 0 Å². The van der Waals surface area contributed by atoms with Gasteiger partial charge in [0.15, 0.2) is 11.5 Å². The topological polar surface area (TPSA) is 108 Å². The van der Waals surface area contributed by atoms with Gasteiger partial charge in [0.2, 0.25) is 0 Å². The minimum atomic E-state index is -0.563. The molecule has 0 radical (unpaired) electrons. The summed E-state index contributed by atoms with van der Waals surface area (Å²) in [5.74, 6) is 0.285. The van der Waals surface area contributed by atoms with Gasteiger partial charge in [-0.15, -0.1) is 0 Å². The molecule has 1 fully saturated rings. The van der Waals surface area contributed by atoms with Crippen LogP contribution in [0.2, 0.25) is 0 Å². The van der Waals surface area contributed by atoms with Crippen molar-refractivity contribution in [1.29, 1.82) is 0 Å². The Morgan fingerprint density at radius 2 is 1.96 bits per heavy atom. The summed E-state index contributed by atoms with van der Waals surface area (Å²) in [5, 5.41) is 11.4. The van der Waals surface area contributed by atoms with Crippen LogP contribution in [-0.4, -0.2) is 48.1 Å². The van der Waals surface area contributed by atoms with E-state index < -0.39 is 4.92 Å². The van der Waals surface area contributed by atoms with Gasteiger partial charge < -0.3 is 20.1 Å². The summed E-state index contributed by atoms with van der Waals surface area (Å²) in [6.45, 7) is 5.61. The Labute approximate surface area is 139 Å². The number of nitrogens with two attached hydrogens (primary N) is 1. The molecule has 3 rings (SSSR count). The van der Waals surface area contributed by atoms with E-state index in [9.17, 15) is 14.9 Å². The Balaban J connectivity index is 1.96. The molecule has 1 atom stereocenters. The van der Waals surface area contributed by atoms with Crippen molar-refractivity contribution in [2.45, 2.75) is 26.3 Å². The molecule has 1 unspecified atom stereocenters. The number of rotatable bonds is 2. The number of nitro groups is 1. The normalized spacial score (nSPS) is 22.1. The monoisotopic (exact) mass is 335 g/mol. The second kappa shape index (κ2) is 5.94. The maximum atomic E-state index is 12.9. The lowest BCUT2D eigenvalue weighted by atomic mass is 9.79. The van der Waals surface area contributed by atoms with Crippen LogP contribution < -0.4 is 15.2 Å². The standard InChI is InChI=1S/C16H21N3O5/c1-16(2)9-18(4-3-14(16)17)15(20)10-7-12-13(24-6-5-23-12)8-11(10)19(21)22/h7-8,14H,3-6,9,17H2,1-2H3. The minimum Gasteiger partial charge on any atom is -0.486 e. The first-order valence-corrected chi connectivity index (χ1v) is 7.92. The van der Waals surface area contributed by atoms with Gasteiger partial charge in [0.25, 0.3) is 11.6 Å². The molecule has 1 amide bonds. The number of benzene rings is 1. The van der Waals surface area contributed by atoms with Crippen LogP contribution in [0, 0.1) is 15.5 Å². The van der Waals surface area contributed by atoms with Gasteiger partial charge in [-0.1, -0.05) is 13.8 Å². The fraction of sp³-hybridized carbons (Fsp3) is 0.562. The summed E-state index contributed by atoms with van der Waals surface area (Å²) in [5.41, 5.74) is 5.62. The lowest BCUT2D eigenvalue weighted by molar-refractivity contribution is -0.385. The van der Waals surface area contributed by atoms with Crippen LogP contribution in [0.3, 0.4) is 0 Å². The highest BCUT2D eigenvalue weighted by atomic mass is 16.6. The molecule has 0 bridgehead atoms. The number of nitrogens with zero attached hydrogens (tertiary/aromatic N) is 2. The van der Waals surface area contributed by atoms with E-state index in [1.165, 1.54) is 12.1 Å². The number of ether oxygens (including phenoxy) is 2. The van der Waals surface area contributed by atoms with Crippen LogP contribution in [0.4, 0.5) is 5.69 Å². The minimum absolute atomic E-state index is 0.00296. The predicted molar refractivity (Wildman–Crippen MR) is 86.4 cm³/mol. The van der Waals surface area contributed by atoms with Crippen LogP contribution >= 0.6 is 0 Å². The molecule has 0 spiro atoms. The maximum Gasteiger partial charge on any atom is 0.286 e. The van der Waals surface area contributed by atoms with Gasteiger partial charge in [0.1, 0.15) is 18.8 Å². The van der Waals surface area contributed by atoms with Crippen molar-refractivity contribution in [2.75, 3.05) is 26.3 Å². The average Bonchev–Trinajstić information content (AvgIpc) is 2.55. The van der Waals surface area contributed by atoms with Crippen LogP contribution in [0.15, 0.2) is 12.1 Å². The zero-order chi connectivity index (χ0) is 17.5. The summed E-state index contributed by atoms with van der Waals surface area (Å²) < 4.78 is 10.8. The van der Waals surface area contributed by atoms with Crippen molar-refractivity contribution in [1.82, 2.24) is 4.90 Å². The Hall–Kier alpha value is -2.35. The van der Waals surface area contributed by atoms with Crippen molar-refractivity contribution >= 4 is 11.6 Å². The predicted octanol–water partition coefficient (Wildman–Crippen LogP) is 1.57. The summed E-state index contributed by atoms with van der Waals surface area (Å²) in [4.78, 5) is 25.3. The first-order valence-electron chi connectivity index (χ1n) is 7.92. The van der Waals surface area contributed by atoms with Crippen molar-refractivity contribution in [3.05, 3.63) is 27.8 Å². The Morgan fingerprint density at radius 3 is 2.54 bits per heavy atom. The molecule has 0 saturated carbocycles. The zero-order valence-electron chi connectivity index (χ0n) is 13.8. The third-order valence-corrected chi connectivity index (χ3v) is 4.69. The van der Waals surface area contributed by atoms with Crippen LogP contribution in [-0.2, 0) is 0 Å². The quantitative estimate of drug-likeness (QED) is 0.649. The molecular weight excluding hydrogens is 314 g/mol. The molecule has 1 saturated heterocycles. The van der Waals surface area contributed by atoms with Crippen LogP contribution in [0.25, 0.3) is 0 Å². The molecule has 1 aromatic rings. The smallest absolute Gasteiger partial charge is 0.286 e. The Bertz CT molecular complexity index is 689. The average molecular weight is 335 g/mol. The van der Waals surface area contributed by atoms with Gasteiger partial charge in [-0.25, -0.2) is 0 Å². The van der Waals surface area contributed by atoms with Gasteiger partial charge in [-0.05, 0) is 11.8 Å². The number of piperidine rings is 1. The number of fused-ring (bicyclic) bond motifs is 1. The van der Waals surface area contributed by atoms with Crippen molar-refractivity contribution in [3.8, 4) is 11.5 Å². The lowest BCUT2D eigenvalue weighted by Crippen LogP contribution is -2.54. The van der Waals surface area contributed by atoms with E-state index in [2.05, 4.69) is 0 Å². The van der Waals surface area contributed by atoms with Gasteiger partial charge in [0.05, 0.1) is 11.0 Å². The Morgan fingerprint density at radius 1 is 1.33 bits per heavy atom. The van der Waals surface area contributed by atoms with E-state index in [4.69, 9.17) is 15.2 Å². The highest BCUT2D eigenvalue weighted by Gasteiger charge is 2.37. The van der Waals surface area contributed by atoms with Gasteiger partial charge in [-0.3, -0.25) is 14.9 Å². The highest BCUT2D eigenvalue weighted by molar-refractivity contribution is 5.99. The summed E-state index contributed by atoms with van der Waals surface area (Å²) in [7, 11) is 0. The fourth-order valence-electron chi connectivity index (χ4n) is 3.12. The molecular formula is C16H21N3O5. The number of hydrogen-bond donors (Lipinski definition) is 1. The van der Waals surface area contributed by atoms with Crippen LogP contribution in [0.5, 0.6) is 11.5 Å². The third-order valence-electron chi connectivity index (χ3n) is 4.69. The fourth-order valence-corrected chi connectivity index (χ4v) is 3.12. The first kappa shape index (κ1) is 16.5. The van der Waals surface area contributed by atoms with E-state index in [-0.39, 0.29) is 28.6 Å². The zero-order valence-corrected chi connectivity index (χ0v) is 13.8. The molecule has 2 heterocycles. The maximum absolute atomic E-state index is 12.9. The second-order valence-electron chi connectivity index (χ2n) is 6.88. The number of amides is 1. The van der Waals surface area contributed by atoms with E-state index >= 15 is 0 Å². The molecule has 2 aliphatic heterocycles. The molecule has 0 aromatic heterocycles. The molecule has 8 nitrogen and oxygen atoms in total. The summed E-state index contributed by atoms with van der Waals surface area (Å²) in [6, 6.07) is 2.68.